The van der Waals surface area contributed by atoms with Crippen LogP contribution in [0.4, 0.5) is 0 Å². The highest BCUT2D eigenvalue weighted by Gasteiger charge is 2.34. The molecule has 2 saturated heterocycles. The number of thioether (sulfide) groups is 1. The van der Waals surface area contributed by atoms with E-state index in [1.165, 1.54) is 11.8 Å². The minimum absolute atomic E-state index is 0.0842. The molecule has 2 heterocycles. The van der Waals surface area contributed by atoms with Gasteiger partial charge >= 0.3 is 0 Å². The highest BCUT2D eigenvalue weighted by Crippen LogP contribution is 2.35. The number of rotatable bonds is 3. The maximum atomic E-state index is 12.5. The lowest BCUT2D eigenvalue weighted by Gasteiger charge is -2.18. The second-order valence-electron chi connectivity index (χ2n) is 5.09. The monoisotopic (exact) mass is 373 g/mol. The Bertz CT molecular complexity index is 657. The Morgan fingerprint density at radius 3 is 2.95 bits per heavy atom. The second-order valence-corrected chi connectivity index (χ2v) is 7.61. The lowest BCUT2D eigenvalue weighted by Crippen LogP contribution is -2.35. The molecule has 3 rings (SSSR count). The minimum Gasteiger partial charge on any atom is -0.376 e. The summed E-state index contributed by atoms with van der Waals surface area (Å²) in [5.41, 5.74) is 0.753. The summed E-state index contributed by atoms with van der Waals surface area (Å²) >= 11 is 18.6. The van der Waals surface area contributed by atoms with Crippen LogP contribution in [0.5, 0.6) is 0 Å². The molecular weight excluding hydrogens is 361 g/mol. The number of halogens is 2. The molecule has 0 radical (unpaired) electrons. The Morgan fingerprint density at radius 1 is 1.45 bits per heavy atom. The van der Waals surface area contributed by atoms with Gasteiger partial charge in [-0.25, -0.2) is 0 Å². The average Bonchev–Trinajstić information content (AvgIpc) is 3.06. The quantitative estimate of drug-likeness (QED) is 0.580. The van der Waals surface area contributed by atoms with Gasteiger partial charge in [-0.05, 0) is 36.6 Å². The highest BCUT2D eigenvalue weighted by molar-refractivity contribution is 8.26. The fraction of sp³-hybridized carbons (Fsp3) is 0.333. The zero-order valence-electron chi connectivity index (χ0n) is 11.6. The van der Waals surface area contributed by atoms with Gasteiger partial charge in [-0.2, -0.15) is 0 Å². The predicted octanol–water partition coefficient (Wildman–Crippen LogP) is 4.37. The van der Waals surface area contributed by atoms with Crippen molar-refractivity contribution in [3.05, 3.63) is 38.7 Å². The maximum absolute atomic E-state index is 12.5. The lowest BCUT2D eigenvalue weighted by molar-refractivity contribution is -0.123. The molecule has 2 aliphatic heterocycles. The van der Waals surface area contributed by atoms with Crippen molar-refractivity contribution in [2.75, 3.05) is 13.2 Å². The molecule has 7 heteroatoms. The van der Waals surface area contributed by atoms with Crippen LogP contribution in [-0.2, 0) is 9.53 Å². The number of nitrogens with zero attached hydrogens (tertiary/aromatic N) is 1. The molecule has 0 aliphatic carbocycles. The molecule has 1 amide bonds. The van der Waals surface area contributed by atoms with Gasteiger partial charge in [-0.1, -0.05) is 53.2 Å². The van der Waals surface area contributed by atoms with Crippen molar-refractivity contribution in [3.8, 4) is 0 Å². The predicted molar refractivity (Wildman–Crippen MR) is 95.3 cm³/mol. The van der Waals surface area contributed by atoms with Crippen molar-refractivity contribution in [1.82, 2.24) is 4.90 Å². The fourth-order valence-electron chi connectivity index (χ4n) is 2.41. The molecular formula is C15H13Cl2NO2S2. The van der Waals surface area contributed by atoms with Gasteiger partial charge in [0.15, 0.2) is 0 Å². The van der Waals surface area contributed by atoms with Crippen molar-refractivity contribution >= 4 is 63.5 Å². The molecule has 0 N–H and O–H groups in total. The summed E-state index contributed by atoms with van der Waals surface area (Å²) in [5.74, 6) is -0.0866. The van der Waals surface area contributed by atoms with Gasteiger partial charge in [-0.3, -0.25) is 9.69 Å². The Balaban J connectivity index is 1.79. The number of thiocarbonyl (C=S) groups is 1. The average molecular weight is 374 g/mol. The highest BCUT2D eigenvalue weighted by atomic mass is 35.5. The van der Waals surface area contributed by atoms with E-state index in [4.69, 9.17) is 40.2 Å². The van der Waals surface area contributed by atoms with Crippen LogP contribution in [0.1, 0.15) is 18.4 Å². The summed E-state index contributed by atoms with van der Waals surface area (Å²) in [5, 5.41) is 1.07. The fourth-order valence-corrected chi connectivity index (χ4v) is 4.14. The van der Waals surface area contributed by atoms with Gasteiger partial charge in [0.2, 0.25) is 0 Å². The van der Waals surface area contributed by atoms with Crippen LogP contribution in [0.3, 0.4) is 0 Å². The maximum Gasteiger partial charge on any atom is 0.266 e. The summed E-state index contributed by atoms with van der Waals surface area (Å²) in [6, 6.07) is 5.19. The van der Waals surface area contributed by atoms with E-state index >= 15 is 0 Å². The van der Waals surface area contributed by atoms with E-state index in [1.54, 1.807) is 29.2 Å². The Hall–Kier alpha value is -0.590. The molecule has 3 nitrogen and oxygen atoms in total. The first kappa shape index (κ1) is 16.3. The van der Waals surface area contributed by atoms with Gasteiger partial charge in [0.05, 0.1) is 17.6 Å². The van der Waals surface area contributed by atoms with Crippen molar-refractivity contribution in [2.24, 2.45) is 0 Å². The summed E-state index contributed by atoms with van der Waals surface area (Å²) in [6.07, 6.45) is 3.85. The summed E-state index contributed by atoms with van der Waals surface area (Å²) < 4.78 is 6.15. The number of carbonyl (C=O) groups excluding carboxylic acids is 1. The minimum atomic E-state index is -0.0866. The molecule has 0 aromatic heterocycles. The number of hydrogen-bond acceptors (Lipinski definition) is 4. The second kappa shape index (κ2) is 6.89. The molecule has 0 unspecified atom stereocenters. The molecule has 0 saturated carbocycles. The van der Waals surface area contributed by atoms with E-state index in [0.717, 1.165) is 25.0 Å². The van der Waals surface area contributed by atoms with Crippen LogP contribution < -0.4 is 0 Å². The largest absolute Gasteiger partial charge is 0.376 e. The van der Waals surface area contributed by atoms with Crippen LogP contribution >= 0.6 is 47.2 Å². The van der Waals surface area contributed by atoms with E-state index in [2.05, 4.69) is 0 Å². The first-order chi connectivity index (χ1) is 10.5. The van der Waals surface area contributed by atoms with Crippen LogP contribution in [0.2, 0.25) is 10.0 Å². The molecule has 0 spiro atoms. The van der Waals surface area contributed by atoms with Crippen LogP contribution in [0, 0.1) is 0 Å². The summed E-state index contributed by atoms with van der Waals surface area (Å²) in [4.78, 5) is 14.7. The number of benzene rings is 1. The van der Waals surface area contributed by atoms with Gasteiger partial charge in [0.1, 0.15) is 4.32 Å². The first-order valence-electron chi connectivity index (χ1n) is 6.86. The molecule has 2 fully saturated rings. The molecule has 1 aromatic rings. The van der Waals surface area contributed by atoms with Gasteiger partial charge in [0, 0.05) is 16.7 Å². The number of carbonyl (C=O) groups is 1. The van der Waals surface area contributed by atoms with Crippen LogP contribution in [0.25, 0.3) is 6.08 Å². The zero-order chi connectivity index (χ0) is 15.7. The normalized spacial score (nSPS) is 23.8. The SMILES string of the molecule is O=C1/C(=C\c2ccc(Cl)cc2Cl)SC(=S)N1C[C@@H]1CCCO1. The van der Waals surface area contributed by atoms with Crippen molar-refractivity contribution in [2.45, 2.75) is 18.9 Å². The van der Waals surface area contributed by atoms with E-state index in [0.29, 0.717) is 25.8 Å². The Labute approximate surface area is 148 Å². The molecule has 1 atom stereocenters. The molecule has 1 aromatic carbocycles. The molecule has 116 valence electrons. The first-order valence-corrected chi connectivity index (χ1v) is 8.84. The number of hydrogen-bond donors (Lipinski definition) is 0. The Morgan fingerprint density at radius 2 is 2.27 bits per heavy atom. The van der Waals surface area contributed by atoms with Crippen molar-refractivity contribution in [1.29, 1.82) is 0 Å². The van der Waals surface area contributed by atoms with E-state index in [1.807, 2.05) is 0 Å². The summed E-state index contributed by atoms with van der Waals surface area (Å²) in [6.45, 7) is 1.28. The van der Waals surface area contributed by atoms with E-state index < -0.39 is 0 Å². The van der Waals surface area contributed by atoms with Gasteiger partial charge < -0.3 is 4.74 Å². The number of amides is 1. The third kappa shape index (κ3) is 3.49. The number of ether oxygens (including phenoxy) is 1. The topological polar surface area (TPSA) is 29.5 Å². The smallest absolute Gasteiger partial charge is 0.266 e. The van der Waals surface area contributed by atoms with Crippen molar-refractivity contribution in [3.63, 3.8) is 0 Å². The van der Waals surface area contributed by atoms with Crippen LogP contribution in [0.15, 0.2) is 23.1 Å². The van der Waals surface area contributed by atoms with E-state index in [-0.39, 0.29) is 12.0 Å². The van der Waals surface area contributed by atoms with E-state index in [9.17, 15) is 4.79 Å². The molecule has 22 heavy (non-hydrogen) atoms. The zero-order valence-corrected chi connectivity index (χ0v) is 14.7. The third-order valence-electron chi connectivity index (χ3n) is 3.53. The standard InChI is InChI=1S/C15H13Cl2NO2S2/c16-10-4-3-9(12(17)7-10)6-13-14(19)18(15(21)22-13)8-11-2-1-5-20-11/h3-4,6-7,11H,1-2,5,8H2/b13-6+/t11-/m0/s1. The molecule has 0 bridgehead atoms. The van der Waals surface area contributed by atoms with Gasteiger partial charge in [-0.15, -0.1) is 0 Å². The molecule has 2 aliphatic rings. The Kier molecular flexibility index (Phi) is 5.10. The van der Waals surface area contributed by atoms with Crippen molar-refractivity contribution < 1.29 is 9.53 Å². The van der Waals surface area contributed by atoms with Gasteiger partial charge in [0.25, 0.3) is 5.91 Å². The summed E-state index contributed by atoms with van der Waals surface area (Å²) in [7, 11) is 0. The van der Waals surface area contributed by atoms with Crippen LogP contribution in [-0.4, -0.2) is 34.4 Å². The lowest BCUT2D eigenvalue weighted by atomic mass is 10.2. The third-order valence-corrected chi connectivity index (χ3v) is 5.47.